The van der Waals surface area contributed by atoms with Gasteiger partial charge in [0.1, 0.15) is 0 Å². The molecule has 3 aromatic carbocycles. The van der Waals surface area contributed by atoms with E-state index in [-0.39, 0.29) is 0 Å². The van der Waals surface area contributed by atoms with E-state index in [1.54, 1.807) is 0 Å². The highest BCUT2D eigenvalue weighted by atomic mass is 15.0. The molecule has 4 aromatic rings. The van der Waals surface area contributed by atoms with Gasteiger partial charge in [-0.2, -0.15) is 0 Å². The summed E-state index contributed by atoms with van der Waals surface area (Å²) in [6.45, 7) is 6.13. The van der Waals surface area contributed by atoms with Crippen LogP contribution < -0.4 is 0 Å². The molecule has 0 saturated carbocycles. The fraction of sp³-hybridized carbons (Fsp3) is 0.0400. The maximum absolute atomic E-state index is 4.08. The van der Waals surface area contributed by atoms with Crippen LogP contribution in [0.4, 0.5) is 0 Å². The lowest BCUT2D eigenvalue weighted by atomic mass is 10.1. The molecule has 0 radical (unpaired) electrons. The van der Waals surface area contributed by atoms with Crippen LogP contribution in [0.15, 0.2) is 91.5 Å². The van der Waals surface area contributed by atoms with Crippen LogP contribution in [0.2, 0.25) is 0 Å². The molecular formula is C25H21N. The second kappa shape index (κ2) is 6.89. The van der Waals surface area contributed by atoms with Crippen LogP contribution in [0, 0.1) is 0 Å². The van der Waals surface area contributed by atoms with Crippen molar-refractivity contribution < 1.29 is 0 Å². The van der Waals surface area contributed by atoms with E-state index in [4.69, 9.17) is 0 Å². The first-order valence-electron chi connectivity index (χ1n) is 8.88. The van der Waals surface area contributed by atoms with Crippen molar-refractivity contribution in [2.24, 2.45) is 0 Å². The molecule has 1 aromatic heterocycles. The van der Waals surface area contributed by atoms with E-state index in [9.17, 15) is 0 Å². The molecule has 0 atom stereocenters. The summed E-state index contributed by atoms with van der Waals surface area (Å²) >= 11 is 0. The lowest BCUT2D eigenvalue weighted by Gasteiger charge is -2.11. The molecule has 0 spiro atoms. The van der Waals surface area contributed by atoms with Crippen molar-refractivity contribution in [3.05, 3.63) is 103 Å². The topological polar surface area (TPSA) is 4.93 Å². The van der Waals surface area contributed by atoms with Gasteiger partial charge in [-0.15, -0.1) is 0 Å². The molecule has 0 bridgehead atoms. The second-order valence-corrected chi connectivity index (χ2v) is 6.27. The summed E-state index contributed by atoms with van der Waals surface area (Å²) in [7, 11) is 0. The monoisotopic (exact) mass is 335 g/mol. The van der Waals surface area contributed by atoms with E-state index < -0.39 is 0 Å². The minimum atomic E-state index is 1.12. The Morgan fingerprint density at radius 1 is 0.808 bits per heavy atom. The van der Waals surface area contributed by atoms with Crippen molar-refractivity contribution >= 4 is 23.1 Å². The Labute approximate surface area is 154 Å². The molecule has 126 valence electrons. The first kappa shape index (κ1) is 16.2. The third-order valence-electron chi connectivity index (χ3n) is 4.69. The van der Waals surface area contributed by atoms with E-state index in [1.165, 1.54) is 27.6 Å². The maximum Gasteiger partial charge on any atom is 0.0541 e. The molecule has 26 heavy (non-hydrogen) atoms. The van der Waals surface area contributed by atoms with Gasteiger partial charge >= 0.3 is 0 Å². The Hall–Kier alpha value is -3.32. The maximum atomic E-state index is 4.08. The van der Waals surface area contributed by atoms with Crippen LogP contribution in [0.25, 0.3) is 39.9 Å². The standard InChI is InChI=1S/C25H21N/c1-3-11-22-23-16-8-9-17-25(23)26(24(22)4-2)21-15-10-14-20(18-21)19-12-6-5-7-13-19/h3-18H,2H2,1H3/b11-3-. The minimum Gasteiger partial charge on any atom is -0.309 e. The number of nitrogens with zero attached hydrogens (tertiary/aromatic N) is 1. The summed E-state index contributed by atoms with van der Waals surface area (Å²) in [6.07, 6.45) is 6.20. The summed E-state index contributed by atoms with van der Waals surface area (Å²) in [4.78, 5) is 0. The quantitative estimate of drug-likeness (QED) is 0.379. The minimum absolute atomic E-state index is 1.12. The summed E-state index contributed by atoms with van der Waals surface area (Å²) in [5, 5.41) is 1.24. The SMILES string of the molecule is C=Cc1c(/C=C\C)c2ccccc2n1-c1cccc(-c2ccccc2)c1. The highest BCUT2D eigenvalue weighted by molar-refractivity contribution is 5.95. The molecule has 0 aliphatic rings. The van der Waals surface area contributed by atoms with Gasteiger partial charge in [-0.3, -0.25) is 0 Å². The van der Waals surface area contributed by atoms with Crippen molar-refractivity contribution in [3.8, 4) is 16.8 Å². The third-order valence-corrected chi connectivity index (χ3v) is 4.69. The molecule has 0 N–H and O–H groups in total. The molecule has 0 saturated heterocycles. The summed E-state index contributed by atoms with van der Waals surface area (Å²) in [5.41, 5.74) is 7.11. The van der Waals surface area contributed by atoms with E-state index in [0.717, 1.165) is 11.4 Å². The summed E-state index contributed by atoms with van der Waals surface area (Å²) in [5.74, 6) is 0. The second-order valence-electron chi connectivity index (χ2n) is 6.27. The Balaban J connectivity index is 2.00. The van der Waals surface area contributed by atoms with Crippen molar-refractivity contribution in [2.45, 2.75) is 6.92 Å². The molecular weight excluding hydrogens is 314 g/mol. The van der Waals surface area contributed by atoms with Crippen LogP contribution in [0.1, 0.15) is 18.2 Å². The van der Waals surface area contributed by atoms with E-state index >= 15 is 0 Å². The van der Waals surface area contributed by atoms with Crippen molar-refractivity contribution in [3.63, 3.8) is 0 Å². The molecule has 0 amide bonds. The van der Waals surface area contributed by atoms with Gasteiger partial charge in [0.05, 0.1) is 11.2 Å². The number of hydrogen-bond donors (Lipinski definition) is 0. The molecule has 0 unspecified atom stereocenters. The lowest BCUT2D eigenvalue weighted by Crippen LogP contribution is -1.97. The number of fused-ring (bicyclic) bond motifs is 1. The van der Waals surface area contributed by atoms with Crippen molar-refractivity contribution in [1.29, 1.82) is 0 Å². The van der Waals surface area contributed by atoms with Crippen LogP contribution in [0.5, 0.6) is 0 Å². The van der Waals surface area contributed by atoms with Crippen LogP contribution in [0.3, 0.4) is 0 Å². The highest BCUT2D eigenvalue weighted by Gasteiger charge is 2.14. The molecule has 1 nitrogen and oxygen atoms in total. The largest absolute Gasteiger partial charge is 0.309 e. The average Bonchev–Trinajstić information content (AvgIpc) is 3.03. The Morgan fingerprint density at radius 2 is 1.54 bits per heavy atom. The lowest BCUT2D eigenvalue weighted by molar-refractivity contribution is 1.11. The molecule has 0 fully saturated rings. The number of hydrogen-bond acceptors (Lipinski definition) is 0. The predicted molar refractivity (Wildman–Crippen MR) is 114 cm³/mol. The molecule has 4 rings (SSSR count). The zero-order valence-corrected chi connectivity index (χ0v) is 14.9. The highest BCUT2D eigenvalue weighted by Crippen LogP contribution is 2.32. The predicted octanol–water partition coefficient (Wildman–Crippen LogP) is 6.97. The van der Waals surface area contributed by atoms with Crippen molar-refractivity contribution in [1.82, 2.24) is 4.57 Å². The molecule has 0 aliphatic heterocycles. The Kier molecular flexibility index (Phi) is 4.28. The number of benzene rings is 3. The van der Waals surface area contributed by atoms with Gasteiger partial charge in [-0.1, -0.05) is 79.4 Å². The first-order valence-corrected chi connectivity index (χ1v) is 8.88. The van der Waals surface area contributed by atoms with Gasteiger partial charge in [0.25, 0.3) is 0 Å². The number of para-hydroxylation sites is 1. The number of aromatic nitrogens is 1. The van der Waals surface area contributed by atoms with Crippen LogP contribution >= 0.6 is 0 Å². The van der Waals surface area contributed by atoms with Crippen LogP contribution in [-0.2, 0) is 0 Å². The third kappa shape index (κ3) is 2.68. The number of allylic oxidation sites excluding steroid dienone is 1. The van der Waals surface area contributed by atoms with E-state index in [0.29, 0.717) is 0 Å². The van der Waals surface area contributed by atoms with Gasteiger partial charge in [-0.05, 0) is 42.3 Å². The zero-order chi connectivity index (χ0) is 17.9. The first-order chi connectivity index (χ1) is 12.8. The Morgan fingerprint density at radius 3 is 2.31 bits per heavy atom. The Bertz CT molecular complexity index is 1100. The molecule has 1 heterocycles. The normalized spacial score (nSPS) is 11.3. The van der Waals surface area contributed by atoms with Gasteiger partial charge in [0.2, 0.25) is 0 Å². The van der Waals surface area contributed by atoms with Gasteiger partial charge in [0.15, 0.2) is 0 Å². The van der Waals surface area contributed by atoms with E-state index in [2.05, 4.69) is 103 Å². The summed E-state index contributed by atoms with van der Waals surface area (Å²) < 4.78 is 2.30. The average molecular weight is 335 g/mol. The zero-order valence-electron chi connectivity index (χ0n) is 14.9. The van der Waals surface area contributed by atoms with E-state index in [1.807, 2.05) is 12.1 Å². The van der Waals surface area contributed by atoms with Crippen molar-refractivity contribution in [2.75, 3.05) is 0 Å². The van der Waals surface area contributed by atoms with Gasteiger partial charge in [-0.25, -0.2) is 0 Å². The smallest absolute Gasteiger partial charge is 0.0541 e. The fourth-order valence-corrected chi connectivity index (χ4v) is 3.56. The van der Waals surface area contributed by atoms with Gasteiger partial charge in [0, 0.05) is 16.6 Å². The fourth-order valence-electron chi connectivity index (χ4n) is 3.56. The number of rotatable bonds is 4. The molecule has 0 aliphatic carbocycles. The summed E-state index contributed by atoms with van der Waals surface area (Å²) in [6, 6.07) is 27.7. The van der Waals surface area contributed by atoms with Gasteiger partial charge < -0.3 is 4.57 Å². The molecule has 1 heteroatoms. The van der Waals surface area contributed by atoms with Crippen LogP contribution in [-0.4, -0.2) is 4.57 Å².